The molecule has 0 aliphatic heterocycles. The van der Waals surface area contributed by atoms with Crippen molar-refractivity contribution in [3.05, 3.63) is 42.5 Å². The Bertz CT molecular complexity index is 532. The standard InChI is InChI=1S/C15H20N4O/c1-12(2)3-8-15(20)18-14-6-4-13(5-7-14)9-19-11-16-10-17-19/h4-7,10-12H,3,8-9H2,1-2H3,(H,18,20). The van der Waals surface area contributed by atoms with Gasteiger partial charge in [0.25, 0.3) is 0 Å². The van der Waals surface area contributed by atoms with Crippen molar-refractivity contribution in [2.24, 2.45) is 5.92 Å². The molecule has 2 rings (SSSR count). The van der Waals surface area contributed by atoms with Gasteiger partial charge in [-0.05, 0) is 30.0 Å². The van der Waals surface area contributed by atoms with Crippen molar-refractivity contribution >= 4 is 11.6 Å². The first-order valence-corrected chi connectivity index (χ1v) is 6.84. The topological polar surface area (TPSA) is 59.8 Å². The van der Waals surface area contributed by atoms with Crippen molar-refractivity contribution in [3.8, 4) is 0 Å². The zero-order valence-corrected chi connectivity index (χ0v) is 11.9. The lowest BCUT2D eigenvalue weighted by Gasteiger charge is -2.08. The number of rotatable bonds is 6. The van der Waals surface area contributed by atoms with Gasteiger partial charge in [-0.1, -0.05) is 26.0 Å². The van der Waals surface area contributed by atoms with Crippen molar-refractivity contribution in [1.29, 1.82) is 0 Å². The Morgan fingerprint density at radius 1 is 1.30 bits per heavy atom. The zero-order valence-electron chi connectivity index (χ0n) is 11.9. The lowest BCUT2D eigenvalue weighted by atomic mass is 10.1. The van der Waals surface area contributed by atoms with Crippen LogP contribution in [-0.2, 0) is 11.3 Å². The molecular weight excluding hydrogens is 252 g/mol. The monoisotopic (exact) mass is 272 g/mol. The molecule has 0 aliphatic carbocycles. The van der Waals surface area contributed by atoms with Gasteiger partial charge in [0.15, 0.2) is 0 Å². The fourth-order valence-corrected chi connectivity index (χ4v) is 1.84. The van der Waals surface area contributed by atoms with E-state index < -0.39 is 0 Å². The number of nitrogens with zero attached hydrogens (tertiary/aromatic N) is 3. The number of benzene rings is 1. The Balaban J connectivity index is 1.86. The highest BCUT2D eigenvalue weighted by molar-refractivity contribution is 5.90. The Labute approximate surface area is 119 Å². The van der Waals surface area contributed by atoms with Gasteiger partial charge in [-0.3, -0.25) is 4.79 Å². The van der Waals surface area contributed by atoms with Crippen LogP contribution in [0, 0.1) is 5.92 Å². The van der Waals surface area contributed by atoms with E-state index in [9.17, 15) is 4.79 Å². The molecule has 5 nitrogen and oxygen atoms in total. The number of amides is 1. The molecule has 0 saturated carbocycles. The molecule has 2 aromatic rings. The van der Waals surface area contributed by atoms with Crippen LogP contribution in [0.3, 0.4) is 0 Å². The summed E-state index contributed by atoms with van der Waals surface area (Å²) in [6.07, 6.45) is 4.68. The second kappa shape index (κ2) is 6.84. The van der Waals surface area contributed by atoms with Gasteiger partial charge >= 0.3 is 0 Å². The summed E-state index contributed by atoms with van der Waals surface area (Å²) in [7, 11) is 0. The van der Waals surface area contributed by atoms with Crippen molar-refractivity contribution in [2.75, 3.05) is 5.32 Å². The molecule has 0 fully saturated rings. The Hall–Kier alpha value is -2.17. The highest BCUT2D eigenvalue weighted by atomic mass is 16.1. The van der Waals surface area contributed by atoms with Gasteiger partial charge in [0.1, 0.15) is 12.7 Å². The molecule has 1 aromatic carbocycles. The van der Waals surface area contributed by atoms with Crippen molar-refractivity contribution in [3.63, 3.8) is 0 Å². The number of aromatic nitrogens is 3. The minimum Gasteiger partial charge on any atom is -0.326 e. The van der Waals surface area contributed by atoms with E-state index >= 15 is 0 Å². The summed E-state index contributed by atoms with van der Waals surface area (Å²) in [5, 5.41) is 6.97. The maximum absolute atomic E-state index is 11.7. The first-order chi connectivity index (χ1) is 9.63. The predicted octanol–water partition coefficient (Wildman–Crippen LogP) is 2.70. The van der Waals surface area contributed by atoms with Gasteiger partial charge in [0.05, 0.1) is 6.54 Å². The van der Waals surface area contributed by atoms with E-state index in [4.69, 9.17) is 0 Å². The molecule has 5 heteroatoms. The van der Waals surface area contributed by atoms with Gasteiger partial charge in [-0.2, -0.15) is 5.10 Å². The quantitative estimate of drug-likeness (QED) is 0.879. The highest BCUT2D eigenvalue weighted by Gasteiger charge is 2.04. The first kappa shape index (κ1) is 14.2. The second-order valence-electron chi connectivity index (χ2n) is 5.27. The summed E-state index contributed by atoms with van der Waals surface area (Å²) in [6, 6.07) is 7.80. The third-order valence-corrected chi connectivity index (χ3v) is 3.00. The molecule has 0 aliphatic rings. The van der Waals surface area contributed by atoms with Gasteiger partial charge in [0, 0.05) is 12.1 Å². The van der Waals surface area contributed by atoms with E-state index in [1.807, 2.05) is 24.3 Å². The molecule has 1 heterocycles. The average Bonchev–Trinajstić information content (AvgIpc) is 2.92. The van der Waals surface area contributed by atoms with Crippen LogP contribution >= 0.6 is 0 Å². The number of carbonyl (C=O) groups excluding carboxylic acids is 1. The van der Waals surface area contributed by atoms with Gasteiger partial charge in [-0.25, -0.2) is 9.67 Å². The zero-order chi connectivity index (χ0) is 14.4. The number of hydrogen-bond acceptors (Lipinski definition) is 3. The average molecular weight is 272 g/mol. The Morgan fingerprint density at radius 3 is 2.65 bits per heavy atom. The number of carbonyl (C=O) groups is 1. The third-order valence-electron chi connectivity index (χ3n) is 3.00. The summed E-state index contributed by atoms with van der Waals surface area (Å²) in [6.45, 7) is 4.92. The molecule has 0 saturated heterocycles. The van der Waals surface area contributed by atoms with E-state index in [-0.39, 0.29) is 5.91 Å². The van der Waals surface area contributed by atoms with E-state index in [0.717, 1.165) is 17.7 Å². The molecule has 20 heavy (non-hydrogen) atoms. The molecule has 1 amide bonds. The van der Waals surface area contributed by atoms with E-state index in [1.54, 1.807) is 11.0 Å². The maximum Gasteiger partial charge on any atom is 0.224 e. The van der Waals surface area contributed by atoms with E-state index in [2.05, 4.69) is 29.2 Å². The van der Waals surface area contributed by atoms with E-state index in [0.29, 0.717) is 18.9 Å². The smallest absolute Gasteiger partial charge is 0.224 e. The number of nitrogens with one attached hydrogen (secondary N) is 1. The summed E-state index contributed by atoms with van der Waals surface area (Å²) in [5.74, 6) is 0.619. The Morgan fingerprint density at radius 2 is 2.05 bits per heavy atom. The SMILES string of the molecule is CC(C)CCC(=O)Nc1ccc(Cn2cncn2)cc1. The molecular formula is C15H20N4O. The first-order valence-electron chi connectivity index (χ1n) is 6.84. The normalized spacial score (nSPS) is 10.8. The third kappa shape index (κ3) is 4.50. The summed E-state index contributed by atoms with van der Waals surface area (Å²) >= 11 is 0. The molecule has 0 atom stereocenters. The minimum absolute atomic E-state index is 0.0720. The minimum atomic E-state index is 0.0720. The lowest BCUT2D eigenvalue weighted by molar-refractivity contribution is -0.116. The van der Waals surface area contributed by atoms with Crippen molar-refractivity contribution in [2.45, 2.75) is 33.2 Å². The van der Waals surface area contributed by atoms with Gasteiger partial charge in [0.2, 0.25) is 5.91 Å². The van der Waals surface area contributed by atoms with Crippen molar-refractivity contribution in [1.82, 2.24) is 14.8 Å². The molecule has 1 N–H and O–H groups in total. The van der Waals surface area contributed by atoms with E-state index in [1.165, 1.54) is 6.33 Å². The Kier molecular flexibility index (Phi) is 4.87. The fourth-order valence-electron chi connectivity index (χ4n) is 1.84. The van der Waals surface area contributed by atoms with Crippen LogP contribution in [0.4, 0.5) is 5.69 Å². The number of hydrogen-bond donors (Lipinski definition) is 1. The maximum atomic E-state index is 11.7. The van der Waals surface area contributed by atoms with Crippen LogP contribution in [0.5, 0.6) is 0 Å². The largest absolute Gasteiger partial charge is 0.326 e. The van der Waals surface area contributed by atoms with Crippen LogP contribution < -0.4 is 5.32 Å². The molecule has 0 bridgehead atoms. The summed E-state index contributed by atoms with van der Waals surface area (Å²) in [5.41, 5.74) is 1.96. The predicted molar refractivity (Wildman–Crippen MR) is 78.3 cm³/mol. The van der Waals surface area contributed by atoms with Gasteiger partial charge in [-0.15, -0.1) is 0 Å². The lowest BCUT2D eigenvalue weighted by Crippen LogP contribution is -2.12. The highest BCUT2D eigenvalue weighted by Crippen LogP contribution is 2.12. The van der Waals surface area contributed by atoms with Crippen LogP contribution in [0.2, 0.25) is 0 Å². The molecule has 106 valence electrons. The fraction of sp³-hybridized carbons (Fsp3) is 0.400. The summed E-state index contributed by atoms with van der Waals surface area (Å²) in [4.78, 5) is 15.6. The van der Waals surface area contributed by atoms with Crippen molar-refractivity contribution < 1.29 is 4.79 Å². The van der Waals surface area contributed by atoms with Crippen LogP contribution in [0.25, 0.3) is 0 Å². The second-order valence-corrected chi connectivity index (χ2v) is 5.27. The summed E-state index contributed by atoms with van der Waals surface area (Å²) < 4.78 is 1.76. The van der Waals surface area contributed by atoms with Gasteiger partial charge < -0.3 is 5.32 Å². The van der Waals surface area contributed by atoms with Crippen LogP contribution in [0.15, 0.2) is 36.9 Å². The molecule has 1 aromatic heterocycles. The number of anilines is 1. The molecule has 0 radical (unpaired) electrons. The van der Waals surface area contributed by atoms with Crippen LogP contribution in [0.1, 0.15) is 32.3 Å². The molecule has 0 unspecified atom stereocenters. The van der Waals surface area contributed by atoms with Crippen LogP contribution in [-0.4, -0.2) is 20.7 Å². The molecule has 0 spiro atoms.